The Bertz CT molecular complexity index is 556. The van der Waals surface area contributed by atoms with E-state index in [1.165, 1.54) is 0 Å². The summed E-state index contributed by atoms with van der Waals surface area (Å²) in [5.41, 5.74) is 2.89. The van der Waals surface area contributed by atoms with Crippen LogP contribution < -0.4 is 19.5 Å². The third-order valence-corrected chi connectivity index (χ3v) is 3.06. The Morgan fingerprint density at radius 3 is 2.20 bits per heavy atom. The number of ether oxygens (including phenoxy) is 3. The molecule has 2 rings (SSSR count). The smallest absolute Gasteiger partial charge is 0.203 e. The monoisotopic (exact) mass is 277 g/mol. The van der Waals surface area contributed by atoms with Gasteiger partial charge in [-0.2, -0.15) is 0 Å². The maximum absolute atomic E-state index is 5.31. The van der Waals surface area contributed by atoms with Gasteiger partial charge in [-0.3, -0.25) is 0 Å². The van der Waals surface area contributed by atoms with Crippen LogP contribution in [0.15, 0.2) is 18.5 Å². The minimum absolute atomic E-state index is 0.580. The summed E-state index contributed by atoms with van der Waals surface area (Å²) in [4.78, 5) is 7.29. The number of nitrogens with one attached hydrogen (secondary N) is 2. The first-order valence-corrected chi connectivity index (χ1v) is 6.22. The van der Waals surface area contributed by atoms with Crippen LogP contribution in [0.5, 0.6) is 17.2 Å². The molecule has 0 aliphatic rings. The zero-order chi connectivity index (χ0) is 14.5. The van der Waals surface area contributed by atoms with Crippen LogP contribution in [-0.2, 0) is 6.54 Å². The highest BCUT2D eigenvalue weighted by Gasteiger charge is 2.13. The third-order valence-electron chi connectivity index (χ3n) is 3.06. The lowest BCUT2D eigenvalue weighted by Crippen LogP contribution is -2.03. The van der Waals surface area contributed by atoms with Gasteiger partial charge < -0.3 is 24.5 Å². The average Bonchev–Trinajstić information content (AvgIpc) is 2.89. The van der Waals surface area contributed by atoms with Crippen LogP contribution in [0.3, 0.4) is 0 Å². The van der Waals surface area contributed by atoms with Crippen molar-refractivity contribution in [3.8, 4) is 17.2 Å². The van der Waals surface area contributed by atoms with Crippen LogP contribution in [0, 0.1) is 6.92 Å². The number of imidazole rings is 1. The van der Waals surface area contributed by atoms with Crippen LogP contribution >= 0.6 is 0 Å². The van der Waals surface area contributed by atoms with E-state index in [4.69, 9.17) is 14.2 Å². The van der Waals surface area contributed by atoms with Gasteiger partial charge in [0.1, 0.15) is 0 Å². The molecule has 0 bridgehead atoms. The molecule has 1 aromatic carbocycles. The lowest BCUT2D eigenvalue weighted by Gasteiger charge is -2.14. The largest absolute Gasteiger partial charge is 0.493 e. The topological polar surface area (TPSA) is 68.4 Å². The third kappa shape index (κ3) is 2.79. The first-order chi connectivity index (χ1) is 9.69. The first kappa shape index (κ1) is 14.0. The van der Waals surface area contributed by atoms with Crippen molar-refractivity contribution in [2.24, 2.45) is 0 Å². The molecule has 0 unspecified atom stereocenters. The molecule has 1 heterocycles. The summed E-state index contributed by atoms with van der Waals surface area (Å²) < 4.78 is 15.9. The molecule has 20 heavy (non-hydrogen) atoms. The molecule has 0 spiro atoms. The van der Waals surface area contributed by atoms with Crippen LogP contribution in [0.25, 0.3) is 0 Å². The minimum Gasteiger partial charge on any atom is -0.493 e. The Morgan fingerprint density at radius 2 is 1.75 bits per heavy atom. The Hall–Kier alpha value is -2.37. The van der Waals surface area contributed by atoms with Crippen molar-refractivity contribution in [3.05, 3.63) is 29.8 Å². The quantitative estimate of drug-likeness (QED) is 0.848. The van der Waals surface area contributed by atoms with Gasteiger partial charge in [0, 0.05) is 23.5 Å². The second kappa shape index (κ2) is 6.18. The molecule has 1 aromatic heterocycles. The molecule has 2 N–H and O–H groups in total. The maximum atomic E-state index is 5.31. The van der Waals surface area contributed by atoms with E-state index in [1.807, 2.05) is 19.1 Å². The Balaban J connectivity index is 2.21. The summed E-state index contributed by atoms with van der Waals surface area (Å²) in [6.45, 7) is 2.60. The van der Waals surface area contributed by atoms with E-state index >= 15 is 0 Å². The van der Waals surface area contributed by atoms with Crippen molar-refractivity contribution in [2.45, 2.75) is 13.5 Å². The number of benzene rings is 1. The summed E-state index contributed by atoms with van der Waals surface area (Å²) in [6.07, 6.45) is 1.68. The normalized spacial score (nSPS) is 10.2. The summed E-state index contributed by atoms with van der Waals surface area (Å²) in [5.74, 6) is 1.82. The molecule has 0 radical (unpaired) electrons. The van der Waals surface area contributed by atoms with E-state index in [-0.39, 0.29) is 0 Å². The fourth-order valence-corrected chi connectivity index (χ4v) is 1.93. The molecular weight excluding hydrogens is 258 g/mol. The number of anilines is 1. The number of hydrogen-bond donors (Lipinski definition) is 2. The summed E-state index contributed by atoms with van der Waals surface area (Å²) in [7, 11) is 4.78. The number of rotatable bonds is 6. The standard InChI is InChI=1S/C14H19N3O3/c1-9-11(17-8-16-9)7-15-10-5-12(18-2)14(20-4)13(6-10)19-3/h5-6,8,15H,7H2,1-4H3,(H,16,17). The van der Waals surface area contributed by atoms with Crippen molar-refractivity contribution in [1.29, 1.82) is 0 Å². The molecule has 0 saturated heterocycles. The Morgan fingerprint density at radius 1 is 1.10 bits per heavy atom. The second-order valence-electron chi connectivity index (χ2n) is 4.24. The van der Waals surface area contributed by atoms with Crippen molar-refractivity contribution in [1.82, 2.24) is 9.97 Å². The highest BCUT2D eigenvalue weighted by Crippen LogP contribution is 2.39. The van der Waals surface area contributed by atoms with E-state index in [0.717, 1.165) is 17.1 Å². The molecule has 0 saturated carbocycles. The summed E-state index contributed by atoms with van der Waals surface area (Å²) in [5, 5.41) is 3.29. The fourth-order valence-electron chi connectivity index (χ4n) is 1.93. The minimum atomic E-state index is 0.580. The van der Waals surface area contributed by atoms with Crippen molar-refractivity contribution < 1.29 is 14.2 Å². The van der Waals surface area contributed by atoms with E-state index < -0.39 is 0 Å². The number of H-pyrrole nitrogens is 1. The fraction of sp³-hybridized carbons (Fsp3) is 0.357. The van der Waals surface area contributed by atoms with Gasteiger partial charge in [0.15, 0.2) is 11.5 Å². The second-order valence-corrected chi connectivity index (χ2v) is 4.24. The molecule has 0 aliphatic heterocycles. The van der Waals surface area contributed by atoms with Gasteiger partial charge in [-0.05, 0) is 6.92 Å². The van der Waals surface area contributed by atoms with Gasteiger partial charge in [0.25, 0.3) is 0 Å². The molecule has 0 fully saturated rings. The molecule has 6 nitrogen and oxygen atoms in total. The van der Waals surface area contributed by atoms with E-state index in [9.17, 15) is 0 Å². The number of aromatic nitrogens is 2. The summed E-state index contributed by atoms with van der Waals surface area (Å²) in [6, 6.07) is 3.73. The first-order valence-electron chi connectivity index (χ1n) is 6.22. The van der Waals surface area contributed by atoms with Crippen LogP contribution in [0.4, 0.5) is 5.69 Å². The lowest BCUT2D eigenvalue weighted by molar-refractivity contribution is 0.324. The SMILES string of the molecule is COc1cc(NCc2nc[nH]c2C)cc(OC)c1OC. The zero-order valence-electron chi connectivity index (χ0n) is 12.1. The average molecular weight is 277 g/mol. The van der Waals surface area contributed by atoms with Crippen molar-refractivity contribution >= 4 is 5.69 Å². The number of methoxy groups -OCH3 is 3. The Kier molecular flexibility index (Phi) is 4.34. The van der Waals surface area contributed by atoms with Gasteiger partial charge in [-0.15, -0.1) is 0 Å². The number of aryl methyl sites for hydroxylation is 1. The van der Waals surface area contributed by atoms with Crippen LogP contribution in [-0.4, -0.2) is 31.3 Å². The maximum Gasteiger partial charge on any atom is 0.203 e. The lowest BCUT2D eigenvalue weighted by atomic mass is 10.2. The summed E-state index contributed by atoms with van der Waals surface area (Å²) >= 11 is 0. The van der Waals surface area contributed by atoms with Crippen molar-refractivity contribution in [2.75, 3.05) is 26.6 Å². The highest BCUT2D eigenvalue weighted by atomic mass is 16.5. The van der Waals surface area contributed by atoms with Crippen LogP contribution in [0.1, 0.15) is 11.4 Å². The van der Waals surface area contributed by atoms with E-state index in [1.54, 1.807) is 27.7 Å². The molecule has 0 aliphatic carbocycles. The zero-order valence-corrected chi connectivity index (χ0v) is 12.1. The molecule has 0 amide bonds. The highest BCUT2D eigenvalue weighted by molar-refractivity contribution is 5.62. The van der Waals surface area contributed by atoms with Crippen LogP contribution in [0.2, 0.25) is 0 Å². The van der Waals surface area contributed by atoms with Gasteiger partial charge in [-0.25, -0.2) is 4.98 Å². The van der Waals surface area contributed by atoms with Gasteiger partial charge in [0.2, 0.25) is 5.75 Å². The van der Waals surface area contributed by atoms with Gasteiger partial charge in [0.05, 0.1) is 39.9 Å². The predicted octanol–water partition coefficient (Wildman–Crippen LogP) is 2.36. The number of hydrogen-bond acceptors (Lipinski definition) is 5. The Labute approximate surface area is 118 Å². The van der Waals surface area contributed by atoms with E-state index in [0.29, 0.717) is 23.8 Å². The molecule has 108 valence electrons. The molecule has 6 heteroatoms. The number of nitrogens with zero attached hydrogens (tertiary/aromatic N) is 1. The molecular formula is C14H19N3O3. The van der Waals surface area contributed by atoms with E-state index in [2.05, 4.69) is 15.3 Å². The van der Waals surface area contributed by atoms with Crippen molar-refractivity contribution in [3.63, 3.8) is 0 Å². The number of aromatic amines is 1. The van der Waals surface area contributed by atoms with Gasteiger partial charge in [-0.1, -0.05) is 0 Å². The molecule has 0 atom stereocenters. The molecule has 2 aromatic rings. The van der Waals surface area contributed by atoms with Gasteiger partial charge >= 0.3 is 0 Å². The predicted molar refractivity (Wildman–Crippen MR) is 76.7 cm³/mol.